The van der Waals surface area contributed by atoms with Gasteiger partial charge in [0.05, 0.1) is 26.7 Å². The molecule has 0 bridgehead atoms. The molecule has 0 aromatic heterocycles. The number of carboxylic acids is 1. The zero-order chi connectivity index (χ0) is 75.5. The third-order valence-electron chi connectivity index (χ3n) is 17.5. The number of alkyl halides is 2. The molecule has 11 aromatic carbocycles. The molecule has 3 aliphatic rings. The number of benzene rings is 11. The van der Waals surface area contributed by atoms with Gasteiger partial charge in [-0.25, -0.2) is 4.79 Å². The van der Waals surface area contributed by atoms with E-state index in [9.17, 15) is 14.7 Å². The van der Waals surface area contributed by atoms with E-state index in [2.05, 4.69) is 190 Å². The van der Waals surface area contributed by atoms with Gasteiger partial charge in [-0.2, -0.15) is 0 Å². The van der Waals surface area contributed by atoms with Crippen LogP contribution < -0.4 is 45.9 Å². The second-order valence-electron chi connectivity index (χ2n) is 24.0. The topological polar surface area (TPSA) is 135 Å². The molecule has 9 nitrogen and oxygen atoms in total. The fraction of sp³-hybridized carbons (Fsp3) is 0.216. The molecule has 5 N–H and O–H groups in total. The minimum absolute atomic E-state index is 0. The number of hydrogen-bond donors (Lipinski definition) is 4. The maximum absolute atomic E-state index is 11.7. The number of nitrogens with zero attached hydrogens (tertiary/aromatic N) is 3. The molecule has 0 aliphatic carbocycles. The van der Waals surface area contributed by atoms with Crippen LogP contribution in [-0.4, -0.2) is 80.1 Å². The molecule has 0 saturated carbocycles. The number of carboxylic acid groups (broad SMARTS) is 1. The molecular weight excluding hydrogens is 1720 g/mol. The van der Waals surface area contributed by atoms with Gasteiger partial charge in [0.1, 0.15) is 6.29 Å². The van der Waals surface area contributed by atoms with Crippen molar-refractivity contribution in [2.45, 2.75) is 79.7 Å². The Kier molecular flexibility index (Phi) is 52.2. The van der Waals surface area contributed by atoms with E-state index < -0.39 is 17.0 Å². The van der Waals surface area contributed by atoms with Crippen molar-refractivity contribution in [3.63, 3.8) is 0 Å². The van der Waals surface area contributed by atoms with Crippen molar-refractivity contribution < 1.29 is 44.3 Å². The summed E-state index contributed by atoms with van der Waals surface area (Å²) in [5.74, 6) is 0.0249. The Bertz CT molecular complexity index is 4420. The number of aromatic carboxylic acids is 1. The van der Waals surface area contributed by atoms with Crippen molar-refractivity contribution >= 4 is 190 Å². The average Bonchev–Trinajstić information content (AvgIpc) is 0.733. The van der Waals surface area contributed by atoms with Crippen LogP contribution in [0.15, 0.2) is 249 Å². The number of nitrogens with two attached hydrogens (primary N) is 1. The first kappa shape index (κ1) is 108. The van der Waals surface area contributed by atoms with E-state index in [4.69, 9.17) is 157 Å². The number of hydrogen-bond acceptors (Lipinski definition) is 8. The van der Waals surface area contributed by atoms with Crippen molar-refractivity contribution in [1.29, 1.82) is 5.26 Å². The predicted molar refractivity (Wildman–Crippen MR) is 488 cm³/mol. The first-order valence-electron chi connectivity index (χ1n) is 33.2. The van der Waals surface area contributed by atoms with E-state index in [0.29, 0.717) is 81.3 Å². The van der Waals surface area contributed by atoms with Gasteiger partial charge in [0, 0.05) is 117 Å². The van der Waals surface area contributed by atoms with Crippen LogP contribution in [0.3, 0.4) is 0 Å². The van der Waals surface area contributed by atoms with Gasteiger partial charge < -0.3 is 33.3 Å². The molecule has 3 aliphatic heterocycles. The second kappa shape index (κ2) is 54.7. The van der Waals surface area contributed by atoms with Crippen LogP contribution in [0, 0.1) is 11.8 Å². The normalized spacial score (nSPS) is 12.0. The van der Waals surface area contributed by atoms with E-state index in [0.717, 1.165) is 87.6 Å². The summed E-state index contributed by atoms with van der Waals surface area (Å²) < 4.78 is 0. The van der Waals surface area contributed by atoms with Crippen LogP contribution in [0.2, 0.25) is 50.2 Å². The second-order valence-corrected chi connectivity index (χ2v) is 29.0. The summed E-state index contributed by atoms with van der Waals surface area (Å²) in [6.45, 7) is 10.9. The summed E-state index contributed by atoms with van der Waals surface area (Å²) >= 11 is 71.1. The van der Waals surface area contributed by atoms with Gasteiger partial charge in [-0.05, 0) is 159 Å². The Morgan fingerprint density at radius 2 is 0.788 bits per heavy atom. The summed E-state index contributed by atoms with van der Waals surface area (Å²) in [7, 11) is 0. The van der Waals surface area contributed by atoms with Crippen LogP contribution in [0.1, 0.15) is 117 Å². The molecule has 0 unspecified atom stereocenters. The van der Waals surface area contributed by atoms with E-state index in [-0.39, 0.29) is 108 Å². The standard InChI is InChI=1S/C29H23Cl2NO2.C28H23Cl2N.C9H9Cl2N.C8H8Cl3N.C7H4Cl2O.C2H6ClN.CN.4CH4.B.2ClH.Na/c30-25-18-20-19-32(17-16-24(20)27(31)26(25)28(33)34)29(21-10-4-1-5-11-21,22-12-6-2-7-13-22)23-14-8-3-9-15-23;29-25-18-21-20-31(17-16-26(21)27(30)19-25)28(22-10-4-1-5-11-22,23-12-6-2-7-13-23)24-14-8-3-9-15-24;10-7-3-6-5-12-2-1-8(6)9(11)4-7;9-1-2-12-8-4-6(10)3-7(11)5-8;8-6-1-5(4-10)2-7(9)3-6;3-1-2-4;1-2;;;;;;;;/h1-15,18H,16-17,19H2,(H,33,34);1-15,18-19H,16-17,20H2;3-4,12H,1-2,5H2;3-5,12H,1-2H2;1-4H;1-2,4H2;;4*1H4;;2*1H;/q;;;;;;-1;;;;;;;;+1. The Hall–Kier alpha value is -5.19. The van der Waals surface area contributed by atoms with E-state index in [1.54, 1.807) is 42.5 Å². The number of halogens is 14. The number of aldehydes is 1. The quantitative estimate of drug-likeness (QED) is 0.0276. The smallest absolute Gasteiger partial charge is 0.512 e. The Morgan fingerprint density at radius 3 is 1.12 bits per heavy atom. The number of carbonyl (C=O) groups is 2. The zero-order valence-corrected chi connectivity index (χ0v) is 71.8. The number of fused-ring (bicyclic) bond motifs is 3. The molecular formula is C88H91BCl14N6NaO3. The molecule has 0 atom stereocenters. The van der Waals surface area contributed by atoms with E-state index in [1.807, 2.05) is 36.4 Å². The molecule has 593 valence electrons. The Balaban J connectivity index is 0.00000144. The fourth-order valence-electron chi connectivity index (χ4n) is 13.2. The third kappa shape index (κ3) is 28.5. The van der Waals surface area contributed by atoms with Crippen molar-refractivity contribution in [3.8, 4) is 0 Å². The molecule has 25 heteroatoms. The molecule has 11 aromatic rings. The number of rotatable bonds is 14. The number of anilines is 1. The summed E-state index contributed by atoms with van der Waals surface area (Å²) in [4.78, 5) is 26.9. The van der Waals surface area contributed by atoms with Gasteiger partial charge in [0.25, 0.3) is 0 Å². The van der Waals surface area contributed by atoms with Crippen molar-refractivity contribution in [1.82, 2.24) is 15.1 Å². The van der Waals surface area contributed by atoms with Crippen molar-refractivity contribution in [2.75, 3.05) is 49.8 Å². The largest absolute Gasteiger partial charge is 1.00 e. The van der Waals surface area contributed by atoms with Gasteiger partial charge >= 0.3 is 35.5 Å². The molecule has 113 heavy (non-hydrogen) atoms. The minimum Gasteiger partial charge on any atom is -0.512 e. The SMILES string of the molecule is C.C.C.C.Cl.Cl.ClCCNc1cc(Cl)cc(Cl)c1.Clc1cc(Cl)c2c(c1)CN(C(c1ccccc1)(c1ccccc1)c1ccccc1)CC2.Clc1cc(Cl)c2c(c1)CNCC2.NCCCl.O=C(O)c1c(Cl)cc2c(c1Cl)CCN(C(c1ccccc1)(c1ccccc1)c1ccccc1)C2.O=Cc1cc(Cl)cc(Cl)c1.[B].[C-]#N.[Na+]. The maximum Gasteiger partial charge on any atom is 1.00 e. The van der Waals surface area contributed by atoms with Gasteiger partial charge in [0.15, 0.2) is 0 Å². The third-order valence-corrected chi connectivity index (χ3v) is 20.6. The summed E-state index contributed by atoms with van der Waals surface area (Å²) in [6.07, 6.45) is 3.22. The molecule has 0 amide bonds. The van der Waals surface area contributed by atoms with Gasteiger partial charge in [-0.15, -0.1) is 48.0 Å². The van der Waals surface area contributed by atoms with E-state index >= 15 is 0 Å². The molecule has 3 radical (unpaired) electrons. The molecule has 14 rings (SSSR count). The van der Waals surface area contributed by atoms with Crippen LogP contribution in [0.4, 0.5) is 5.69 Å². The predicted octanol–water partition coefficient (Wildman–Crippen LogP) is 23.8. The average molecular weight is 1810 g/mol. The zero-order valence-electron chi connectivity index (χ0n) is 59.1. The fourth-order valence-corrected chi connectivity index (χ4v) is 16.4. The van der Waals surface area contributed by atoms with E-state index in [1.165, 1.54) is 38.9 Å². The molecule has 0 saturated heterocycles. The molecule has 3 heterocycles. The van der Waals surface area contributed by atoms with Crippen LogP contribution in [0.5, 0.6) is 0 Å². The van der Waals surface area contributed by atoms with Crippen LogP contribution >= 0.6 is 164 Å². The van der Waals surface area contributed by atoms with Crippen LogP contribution in [0.25, 0.3) is 0 Å². The maximum atomic E-state index is 11.7. The summed E-state index contributed by atoms with van der Waals surface area (Å²) in [5.41, 5.74) is 19.3. The Labute approximate surface area is 765 Å². The summed E-state index contributed by atoms with van der Waals surface area (Å²) in [5, 5.41) is 27.8. The van der Waals surface area contributed by atoms with Crippen molar-refractivity contribution in [3.05, 3.63) is 383 Å². The minimum atomic E-state index is -1.10. The van der Waals surface area contributed by atoms with Gasteiger partial charge in [-0.3, -0.25) is 14.6 Å². The first-order valence-corrected chi connectivity index (χ1v) is 38.1. The Morgan fingerprint density at radius 1 is 0.469 bits per heavy atom. The molecule has 0 spiro atoms. The van der Waals surface area contributed by atoms with Crippen molar-refractivity contribution in [2.24, 2.45) is 5.73 Å². The number of carbonyl (C=O) groups excluding carboxylic acids is 1. The van der Waals surface area contributed by atoms with Gasteiger partial charge in [0.2, 0.25) is 0 Å². The monoisotopic (exact) mass is 1800 g/mol. The molecule has 0 fully saturated rings. The summed E-state index contributed by atoms with van der Waals surface area (Å²) in [6, 6.07) is 83.4. The van der Waals surface area contributed by atoms with Crippen LogP contribution in [-0.2, 0) is 50.0 Å². The first-order chi connectivity index (χ1) is 50.8. The number of nitrogens with one attached hydrogen (secondary N) is 2. The van der Waals surface area contributed by atoms with Gasteiger partial charge in [-0.1, -0.05) is 328 Å².